The molecule has 112 valence electrons. The van der Waals surface area contributed by atoms with Gasteiger partial charge in [0.2, 0.25) is 0 Å². The van der Waals surface area contributed by atoms with E-state index < -0.39 is 0 Å². The van der Waals surface area contributed by atoms with Crippen molar-refractivity contribution in [3.8, 4) is 5.75 Å². The van der Waals surface area contributed by atoms with Crippen LogP contribution in [0.4, 0.5) is 5.69 Å². The molecular formula is C16H18BrClN2O. The second-order valence-corrected chi connectivity index (χ2v) is 5.99. The zero-order chi connectivity index (χ0) is 15.4. The third kappa shape index (κ3) is 3.51. The highest BCUT2D eigenvalue weighted by atomic mass is 79.9. The van der Waals surface area contributed by atoms with E-state index in [1.807, 2.05) is 49.5 Å². The van der Waals surface area contributed by atoms with Crippen molar-refractivity contribution in [3.05, 3.63) is 57.5 Å². The van der Waals surface area contributed by atoms with E-state index in [2.05, 4.69) is 20.8 Å². The average Bonchev–Trinajstić information content (AvgIpc) is 2.49. The number of halogens is 2. The lowest BCUT2D eigenvalue weighted by atomic mass is 10.0. The van der Waals surface area contributed by atoms with Crippen molar-refractivity contribution >= 4 is 33.2 Å². The number of rotatable bonds is 5. The Kier molecular flexibility index (Phi) is 5.51. The van der Waals surface area contributed by atoms with Gasteiger partial charge in [0.25, 0.3) is 0 Å². The zero-order valence-electron chi connectivity index (χ0n) is 12.0. The van der Waals surface area contributed by atoms with Crippen LogP contribution in [-0.2, 0) is 0 Å². The number of para-hydroxylation sites is 2. The molecule has 0 radical (unpaired) electrons. The molecule has 2 aromatic carbocycles. The molecule has 0 heterocycles. The van der Waals surface area contributed by atoms with Crippen LogP contribution in [0.25, 0.3) is 0 Å². The highest BCUT2D eigenvalue weighted by molar-refractivity contribution is 9.10. The zero-order valence-corrected chi connectivity index (χ0v) is 14.4. The maximum atomic E-state index is 6.01. The summed E-state index contributed by atoms with van der Waals surface area (Å²) in [6, 6.07) is 13.7. The Morgan fingerprint density at radius 2 is 2.00 bits per heavy atom. The summed E-state index contributed by atoms with van der Waals surface area (Å²) in [5.41, 5.74) is 8.10. The lowest BCUT2D eigenvalue weighted by molar-refractivity contribution is 0.413. The van der Waals surface area contributed by atoms with Crippen molar-refractivity contribution in [1.29, 1.82) is 0 Å². The van der Waals surface area contributed by atoms with Crippen LogP contribution in [0.15, 0.2) is 46.9 Å². The predicted octanol–water partition coefficient (Wildman–Crippen LogP) is 4.25. The van der Waals surface area contributed by atoms with Crippen LogP contribution in [0.5, 0.6) is 5.75 Å². The summed E-state index contributed by atoms with van der Waals surface area (Å²) in [6.07, 6.45) is 0. The van der Waals surface area contributed by atoms with Crippen molar-refractivity contribution in [2.75, 3.05) is 25.6 Å². The topological polar surface area (TPSA) is 38.5 Å². The number of nitrogens with zero attached hydrogens (tertiary/aromatic N) is 1. The van der Waals surface area contributed by atoms with Crippen LogP contribution in [0, 0.1) is 0 Å². The van der Waals surface area contributed by atoms with Crippen molar-refractivity contribution in [2.24, 2.45) is 5.73 Å². The molecule has 1 atom stereocenters. The molecule has 3 nitrogen and oxygen atoms in total. The second kappa shape index (κ2) is 7.16. The number of ether oxygens (including phenoxy) is 1. The Bertz CT molecular complexity index is 621. The summed E-state index contributed by atoms with van der Waals surface area (Å²) < 4.78 is 6.38. The number of methoxy groups -OCH3 is 1. The van der Waals surface area contributed by atoms with Gasteiger partial charge < -0.3 is 15.4 Å². The Morgan fingerprint density at radius 3 is 2.62 bits per heavy atom. The molecule has 0 saturated carbocycles. The first-order valence-electron chi connectivity index (χ1n) is 6.59. The average molecular weight is 370 g/mol. The van der Waals surface area contributed by atoms with Gasteiger partial charge in [0, 0.05) is 23.1 Å². The van der Waals surface area contributed by atoms with Gasteiger partial charge in [0.15, 0.2) is 0 Å². The minimum absolute atomic E-state index is 0.0212. The molecule has 2 aromatic rings. The molecule has 0 aliphatic carbocycles. The van der Waals surface area contributed by atoms with Crippen molar-refractivity contribution < 1.29 is 4.74 Å². The smallest absolute Gasteiger partial charge is 0.142 e. The Morgan fingerprint density at radius 1 is 1.29 bits per heavy atom. The lowest BCUT2D eigenvalue weighted by Gasteiger charge is -2.31. The molecule has 0 aromatic heterocycles. The van der Waals surface area contributed by atoms with E-state index in [0.29, 0.717) is 11.6 Å². The van der Waals surface area contributed by atoms with E-state index in [9.17, 15) is 0 Å². The fourth-order valence-electron chi connectivity index (χ4n) is 2.35. The first kappa shape index (κ1) is 16.1. The van der Waals surface area contributed by atoms with Crippen molar-refractivity contribution in [2.45, 2.75) is 6.04 Å². The summed E-state index contributed by atoms with van der Waals surface area (Å²) in [7, 11) is 3.68. The van der Waals surface area contributed by atoms with Gasteiger partial charge in [-0.3, -0.25) is 0 Å². The fraction of sp³-hybridized carbons (Fsp3) is 0.250. The fourth-order valence-corrected chi connectivity index (χ4v) is 3.30. The molecular weight excluding hydrogens is 352 g/mol. The maximum Gasteiger partial charge on any atom is 0.142 e. The Balaban J connectivity index is 2.40. The van der Waals surface area contributed by atoms with Gasteiger partial charge in [-0.1, -0.05) is 45.7 Å². The summed E-state index contributed by atoms with van der Waals surface area (Å²) in [6.45, 7) is 0.481. The van der Waals surface area contributed by atoms with Crippen LogP contribution >= 0.6 is 27.5 Å². The molecule has 0 saturated heterocycles. The van der Waals surface area contributed by atoms with Crippen LogP contribution < -0.4 is 15.4 Å². The number of nitrogens with two attached hydrogens (primary N) is 1. The SMILES string of the molecule is COc1ccccc1N(C)C(CN)c1ccc(Cl)cc1Br. The van der Waals surface area contributed by atoms with Crippen LogP contribution in [-0.4, -0.2) is 20.7 Å². The minimum Gasteiger partial charge on any atom is -0.495 e. The lowest BCUT2D eigenvalue weighted by Crippen LogP contribution is -2.31. The normalized spacial score (nSPS) is 12.0. The van der Waals surface area contributed by atoms with Gasteiger partial charge in [0.1, 0.15) is 5.75 Å². The molecule has 0 fully saturated rings. The number of likely N-dealkylation sites (N-methyl/N-ethyl adjacent to an activating group) is 1. The van der Waals surface area contributed by atoms with Gasteiger partial charge in [-0.05, 0) is 29.8 Å². The van der Waals surface area contributed by atoms with Gasteiger partial charge >= 0.3 is 0 Å². The summed E-state index contributed by atoms with van der Waals surface area (Å²) in [5.74, 6) is 0.823. The molecule has 0 amide bonds. The van der Waals surface area contributed by atoms with Crippen LogP contribution in [0.2, 0.25) is 5.02 Å². The highest BCUT2D eigenvalue weighted by Gasteiger charge is 2.20. The van der Waals surface area contributed by atoms with Gasteiger partial charge in [-0.15, -0.1) is 0 Å². The standard InChI is InChI=1S/C16H18BrClN2O/c1-20(14-5-3-4-6-16(14)21-2)15(10-19)12-8-7-11(18)9-13(12)17/h3-9,15H,10,19H2,1-2H3. The van der Waals surface area contributed by atoms with E-state index in [4.69, 9.17) is 22.1 Å². The number of benzene rings is 2. The van der Waals surface area contributed by atoms with E-state index in [0.717, 1.165) is 21.5 Å². The van der Waals surface area contributed by atoms with Gasteiger partial charge in [-0.25, -0.2) is 0 Å². The molecule has 0 bridgehead atoms. The summed E-state index contributed by atoms with van der Waals surface area (Å²) >= 11 is 9.58. The third-order valence-corrected chi connectivity index (χ3v) is 4.40. The maximum absolute atomic E-state index is 6.01. The highest BCUT2D eigenvalue weighted by Crippen LogP contribution is 2.35. The molecule has 2 N–H and O–H groups in total. The Hall–Kier alpha value is -1.23. The predicted molar refractivity (Wildman–Crippen MR) is 92.3 cm³/mol. The molecule has 0 spiro atoms. The summed E-state index contributed by atoms with van der Waals surface area (Å²) in [4.78, 5) is 2.12. The van der Waals surface area contributed by atoms with Crippen molar-refractivity contribution in [3.63, 3.8) is 0 Å². The van der Waals surface area contributed by atoms with E-state index >= 15 is 0 Å². The molecule has 0 aliphatic heterocycles. The minimum atomic E-state index is 0.0212. The number of hydrogen-bond acceptors (Lipinski definition) is 3. The van der Waals surface area contributed by atoms with Crippen molar-refractivity contribution in [1.82, 2.24) is 0 Å². The first-order chi connectivity index (χ1) is 10.1. The molecule has 1 unspecified atom stereocenters. The monoisotopic (exact) mass is 368 g/mol. The molecule has 21 heavy (non-hydrogen) atoms. The van der Waals surface area contributed by atoms with Crippen LogP contribution in [0.1, 0.15) is 11.6 Å². The molecule has 5 heteroatoms. The van der Waals surface area contributed by atoms with E-state index in [-0.39, 0.29) is 6.04 Å². The quantitative estimate of drug-likeness (QED) is 0.856. The summed E-state index contributed by atoms with van der Waals surface area (Å²) in [5, 5.41) is 0.696. The van der Waals surface area contributed by atoms with E-state index in [1.54, 1.807) is 7.11 Å². The Labute approximate surface area is 138 Å². The number of anilines is 1. The molecule has 0 aliphatic rings. The van der Waals surface area contributed by atoms with Crippen LogP contribution in [0.3, 0.4) is 0 Å². The van der Waals surface area contributed by atoms with Gasteiger partial charge in [0.05, 0.1) is 18.8 Å². The largest absolute Gasteiger partial charge is 0.495 e. The van der Waals surface area contributed by atoms with Gasteiger partial charge in [-0.2, -0.15) is 0 Å². The number of hydrogen-bond donors (Lipinski definition) is 1. The molecule has 2 rings (SSSR count). The first-order valence-corrected chi connectivity index (χ1v) is 7.76. The second-order valence-electron chi connectivity index (χ2n) is 4.70. The third-order valence-electron chi connectivity index (χ3n) is 3.48. The van der Waals surface area contributed by atoms with E-state index in [1.165, 1.54) is 0 Å².